The first-order chi connectivity index (χ1) is 8.04. The van der Waals surface area contributed by atoms with Crippen molar-refractivity contribution in [1.82, 2.24) is 9.55 Å². The molecule has 0 bridgehead atoms. The zero-order valence-corrected chi connectivity index (χ0v) is 10.9. The van der Waals surface area contributed by atoms with Crippen LogP contribution in [0.15, 0.2) is 17.1 Å². The van der Waals surface area contributed by atoms with E-state index < -0.39 is 30.2 Å². The van der Waals surface area contributed by atoms with Gasteiger partial charge in [0.15, 0.2) is 6.23 Å². The predicted molar refractivity (Wildman–Crippen MR) is 67.7 cm³/mol. The van der Waals surface area contributed by atoms with E-state index >= 15 is 0 Å². The molecule has 94 valence electrons. The lowest BCUT2D eigenvalue weighted by atomic mass is 10.1. The van der Waals surface area contributed by atoms with Crippen LogP contribution in [0.2, 0.25) is 0 Å². The Bertz CT molecular complexity index is 466. The standard InChI is InChI=1S/C9H12IN3O4/c10-3-4-6(14)7(15)8(17-4)13-2-1-5(11)12-9(13)16/h1-2,4,6-8,14-15H,3H2,(H2,11,12,16)/t4-,6?,7?,8-/m1/s1. The van der Waals surface area contributed by atoms with Gasteiger partial charge in [-0.05, 0) is 6.07 Å². The van der Waals surface area contributed by atoms with Crippen LogP contribution in [-0.2, 0) is 4.74 Å². The van der Waals surface area contributed by atoms with Gasteiger partial charge in [0.1, 0.15) is 18.0 Å². The zero-order chi connectivity index (χ0) is 12.6. The van der Waals surface area contributed by atoms with Crippen molar-refractivity contribution in [1.29, 1.82) is 0 Å². The SMILES string of the molecule is Nc1ccn([C@@H]2O[C@H](CI)C(O)C2O)c(=O)n1. The fourth-order valence-electron chi connectivity index (χ4n) is 1.71. The molecule has 7 nitrogen and oxygen atoms in total. The summed E-state index contributed by atoms with van der Waals surface area (Å²) in [4.78, 5) is 15.1. The minimum absolute atomic E-state index is 0.102. The molecule has 0 radical (unpaired) electrons. The number of nitrogen functional groups attached to an aromatic ring is 1. The number of aliphatic hydroxyl groups excluding tert-OH is 2. The van der Waals surface area contributed by atoms with Crippen molar-refractivity contribution in [3.05, 3.63) is 22.7 Å². The van der Waals surface area contributed by atoms with Crippen LogP contribution in [0.5, 0.6) is 0 Å². The van der Waals surface area contributed by atoms with E-state index in [2.05, 4.69) is 4.98 Å². The molecule has 0 aliphatic carbocycles. The summed E-state index contributed by atoms with van der Waals surface area (Å²) in [6, 6.07) is 1.43. The molecule has 1 fully saturated rings. The van der Waals surface area contributed by atoms with Crippen molar-refractivity contribution < 1.29 is 14.9 Å². The van der Waals surface area contributed by atoms with Gasteiger partial charge in [-0.3, -0.25) is 4.57 Å². The number of rotatable bonds is 2. The second-order valence-electron chi connectivity index (χ2n) is 3.74. The Morgan fingerprint density at radius 2 is 2.24 bits per heavy atom. The Labute approximate surface area is 110 Å². The Morgan fingerprint density at radius 3 is 2.76 bits per heavy atom. The highest BCUT2D eigenvalue weighted by Gasteiger charge is 2.43. The summed E-state index contributed by atoms with van der Waals surface area (Å²) in [5, 5.41) is 19.5. The summed E-state index contributed by atoms with van der Waals surface area (Å²) in [7, 11) is 0. The van der Waals surface area contributed by atoms with Crippen molar-refractivity contribution in [2.45, 2.75) is 24.5 Å². The number of nitrogens with zero attached hydrogens (tertiary/aromatic N) is 2. The molecule has 2 unspecified atom stereocenters. The molecule has 2 heterocycles. The first kappa shape index (κ1) is 12.7. The van der Waals surface area contributed by atoms with Crippen LogP contribution in [0.3, 0.4) is 0 Å². The Balaban J connectivity index is 2.32. The van der Waals surface area contributed by atoms with E-state index in [9.17, 15) is 15.0 Å². The largest absolute Gasteiger partial charge is 0.387 e. The summed E-state index contributed by atoms with van der Waals surface area (Å²) < 4.78 is 7.06. The maximum Gasteiger partial charge on any atom is 0.351 e. The number of hydrogen-bond donors (Lipinski definition) is 3. The lowest BCUT2D eigenvalue weighted by Gasteiger charge is -2.16. The van der Waals surface area contributed by atoms with Crippen molar-refractivity contribution in [3.63, 3.8) is 0 Å². The Morgan fingerprint density at radius 1 is 1.53 bits per heavy atom. The number of aromatic nitrogens is 2. The number of ether oxygens (including phenoxy) is 1. The smallest absolute Gasteiger partial charge is 0.351 e. The average molecular weight is 353 g/mol. The summed E-state index contributed by atoms with van der Waals surface area (Å²) >= 11 is 2.04. The number of hydrogen-bond acceptors (Lipinski definition) is 6. The summed E-state index contributed by atoms with van der Waals surface area (Å²) in [6.07, 6.45) is -2.20. The van der Waals surface area contributed by atoms with Gasteiger partial charge in [0.25, 0.3) is 0 Å². The normalized spacial score (nSPS) is 32.9. The molecule has 0 spiro atoms. The molecule has 0 saturated carbocycles. The van der Waals surface area contributed by atoms with E-state index in [0.717, 1.165) is 4.57 Å². The number of nitrogens with two attached hydrogens (primary N) is 1. The van der Waals surface area contributed by atoms with Crippen molar-refractivity contribution in [3.8, 4) is 0 Å². The molecule has 0 amide bonds. The van der Waals surface area contributed by atoms with Gasteiger partial charge in [0.2, 0.25) is 0 Å². The van der Waals surface area contributed by atoms with Crippen LogP contribution in [0.25, 0.3) is 0 Å². The van der Waals surface area contributed by atoms with Gasteiger partial charge in [0, 0.05) is 10.6 Å². The van der Waals surface area contributed by atoms with E-state index in [4.69, 9.17) is 10.5 Å². The molecule has 0 aromatic carbocycles. The second-order valence-corrected chi connectivity index (χ2v) is 4.62. The highest BCUT2D eigenvalue weighted by molar-refractivity contribution is 14.1. The van der Waals surface area contributed by atoms with Crippen LogP contribution in [0.4, 0.5) is 5.82 Å². The highest BCUT2D eigenvalue weighted by atomic mass is 127. The molecule has 1 saturated heterocycles. The molecular formula is C9H12IN3O4. The Kier molecular flexibility index (Phi) is 3.66. The summed E-state index contributed by atoms with van der Waals surface area (Å²) in [5.41, 5.74) is 4.75. The molecule has 4 atom stereocenters. The lowest BCUT2D eigenvalue weighted by molar-refractivity contribution is -0.0333. The van der Waals surface area contributed by atoms with Gasteiger partial charge in [0.05, 0.1) is 6.10 Å². The van der Waals surface area contributed by atoms with E-state index in [-0.39, 0.29) is 5.82 Å². The van der Waals surface area contributed by atoms with Gasteiger partial charge >= 0.3 is 5.69 Å². The molecule has 4 N–H and O–H groups in total. The van der Waals surface area contributed by atoms with Crippen LogP contribution >= 0.6 is 22.6 Å². The summed E-state index contributed by atoms with van der Waals surface area (Å²) in [6.45, 7) is 0. The number of alkyl halides is 1. The number of halogens is 1. The molecule has 17 heavy (non-hydrogen) atoms. The highest BCUT2D eigenvalue weighted by Crippen LogP contribution is 2.29. The molecule has 1 aromatic heterocycles. The third kappa shape index (κ3) is 2.30. The first-order valence-corrected chi connectivity index (χ1v) is 6.49. The summed E-state index contributed by atoms with van der Waals surface area (Å²) in [5.74, 6) is 0.102. The minimum Gasteiger partial charge on any atom is -0.387 e. The average Bonchev–Trinajstić information content (AvgIpc) is 2.57. The molecule has 1 aliphatic rings. The van der Waals surface area contributed by atoms with E-state index in [1.54, 1.807) is 0 Å². The maximum atomic E-state index is 11.6. The van der Waals surface area contributed by atoms with Crippen molar-refractivity contribution in [2.75, 3.05) is 10.2 Å². The topological polar surface area (TPSA) is 111 Å². The van der Waals surface area contributed by atoms with Crippen LogP contribution < -0.4 is 11.4 Å². The van der Waals surface area contributed by atoms with Crippen molar-refractivity contribution >= 4 is 28.4 Å². The number of anilines is 1. The molecule has 1 aliphatic heterocycles. The molecular weight excluding hydrogens is 341 g/mol. The molecule has 8 heteroatoms. The quantitative estimate of drug-likeness (QED) is 0.459. The fraction of sp³-hybridized carbons (Fsp3) is 0.556. The maximum absolute atomic E-state index is 11.6. The Hall–Kier alpha value is -0.710. The predicted octanol–water partition coefficient (Wildman–Crippen LogP) is -1.12. The monoisotopic (exact) mass is 353 g/mol. The van der Waals surface area contributed by atoms with E-state index in [1.165, 1.54) is 12.3 Å². The molecule has 2 rings (SSSR count). The van der Waals surface area contributed by atoms with Crippen LogP contribution in [0.1, 0.15) is 6.23 Å². The van der Waals surface area contributed by atoms with Crippen LogP contribution in [0, 0.1) is 0 Å². The zero-order valence-electron chi connectivity index (χ0n) is 8.73. The van der Waals surface area contributed by atoms with E-state index in [0.29, 0.717) is 4.43 Å². The number of aliphatic hydroxyl groups is 2. The fourth-order valence-corrected chi connectivity index (χ4v) is 2.43. The second kappa shape index (κ2) is 4.88. The van der Waals surface area contributed by atoms with Crippen molar-refractivity contribution in [2.24, 2.45) is 0 Å². The molecule has 1 aromatic rings. The van der Waals surface area contributed by atoms with Crippen LogP contribution in [-0.4, -0.2) is 42.5 Å². The minimum atomic E-state index is -1.15. The third-order valence-electron chi connectivity index (χ3n) is 2.61. The third-order valence-corrected chi connectivity index (χ3v) is 3.48. The van der Waals surface area contributed by atoms with Gasteiger partial charge in [-0.2, -0.15) is 4.98 Å². The van der Waals surface area contributed by atoms with E-state index in [1.807, 2.05) is 22.6 Å². The lowest BCUT2D eigenvalue weighted by Crippen LogP contribution is -2.35. The van der Waals surface area contributed by atoms with Gasteiger partial charge < -0.3 is 20.7 Å². The first-order valence-electron chi connectivity index (χ1n) is 4.97. The van der Waals surface area contributed by atoms with Gasteiger partial charge in [-0.25, -0.2) is 4.79 Å². The van der Waals surface area contributed by atoms with Gasteiger partial charge in [-0.15, -0.1) is 0 Å². The van der Waals surface area contributed by atoms with Gasteiger partial charge in [-0.1, -0.05) is 22.6 Å².